The van der Waals surface area contributed by atoms with Crippen molar-refractivity contribution in [3.8, 4) is 0 Å². The first-order valence-corrected chi connectivity index (χ1v) is 8.07. The average Bonchev–Trinajstić information content (AvgIpc) is 2.39. The zero-order valence-electron chi connectivity index (χ0n) is 12.3. The molecule has 0 radical (unpaired) electrons. The summed E-state index contributed by atoms with van der Waals surface area (Å²) in [6.45, 7) is 2.30. The summed E-state index contributed by atoms with van der Waals surface area (Å²) < 4.78 is 49.8. The van der Waals surface area contributed by atoms with Gasteiger partial charge < -0.3 is 0 Å². The molecule has 0 aromatic heterocycles. The fourth-order valence-corrected chi connectivity index (χ4v) is 4.08. The topological polar surface area (TPSA) is 0 Å². The van der Waals surface area contributed by atoms with Crippen molar-refractivity contribution >= 4 is 0 Å². The van der Waals surface area contributed by atoms with Crippen LogP contribution in [0.2, 0.25) is 0 Å². The molecule has 2 saturated carbocycles. The molecule has 1 atom stereocenters. The van der Waals surface area contributed by atoms with Gasteiger partial charge in [-0.3, -0.25) is 0 Å². The van der Waals surface area contributed by atoms with Crippen LogP contribution in [0.3, 0.4) is 0 Å². The Balaban J connectivity index is 1.72. The van der Waals surface area contributed by atoms with Crippen molar-refractivity contribution in [2.24, 2.45) is 23.7 Å². The lowest BCUT2D eigenvalue weighted by Gasteiger charge is -2.37. The van der Waals surface area contributed by atoms with Crippen LogP contribution in [0.5, 0.6) is 0 Å². The van der Waals surface area contributed by atoms with Crippen LogP contribution in [0.1, 0.15) is 64.7 Å². The first kappa shape index (κ1) is 16.1. The van der Waals surface area contributed by atoms with Gasteiger partial charge in [-0.25, -0.2) is 4.39 Å². The summed E-state index contributed by atoms with van der Waals surface area (Å²) >= 11 is 0. The van der Waals surface area contributed by atoms with Gasteiger partial charge >= 0.3 is 6.18 Å². The van der Waals surface area contributed by atoms with Crippen LogP contribution in [0, 0.1) is 23.7 Å². The van der Waals surface area contributed by atoms with Gasteiger partial charge in [-0.15, -0.1) is 0 Å². The maximum atomic E-state index is 13.1. The van der Waals surface area contributed by atoms with Gasteiger partial charge in [0.2, 0.25) is 0 Å². The third kappa shape index (κ3) is 4.36. The van der Waals surface area contributed by atoms with Crippen molar-refractivity contribution in [1.29, 1.82) is 0 Å². The average molecular weight is 294 g/mol. The van der Waals surface area contributed by atoms with E-state index in [-0.39, 0.29) is 12.3 Å². The summed E-state index contributed by atoms with van der Waals surface area (Å²) in [4.78, 5) is 0. The van der Waals surface area contributed by atoms with Crippen LogP contribution in [-0.2, 0) is 0 Å². The van der Waals surface area contributed by atoms with E-state index >= 15 is 0 Å². The molecule has 4 heteroatoms. The normalized spacial score (nSPS) is 37.6. The summed E-state index contributed by atoms with van der Waals surface area (Å²) in [5.74, 6) is 2.23. The molecule has 0 heterocycles. The lowest BCUT2D eigenvalue weighted by Crippen LogP contribution is -2.30. The Hall–Kier alpha value is -0.280. The standard InChI is InChI=1S/C16H26F4/c1-11-2-6-13(7-3-11)14-8-4-12(5-9-14)10-15(17)16(18,19)20/h11-15H,2-10H2,1H3. The second kappa shape index (κ2) is 6.65. The molecule has 2 aliphatic carbocycles. The van der Waals surface area contributed by atoms with Crippen LogP contribution in [-0.4, -0.2) is 12.3 Å². The van der Waals surface area contributed by atoms with E-state index in [4.69, 9.17) is 0 Å². The van der Waals surface area contributed by atoms with E-state index in [1.807, 2.05) is 0 Å². The molecule has 118 valence electrons. The maximum Gasteiger partial charge on any atom is 0.419 e. The van der Waals surface area contributed by atoms with Crippen LogP contribution < -0.4 is 0 Å². The lowest BCUT2D eigenvalue weighted by atomic mass is 9.69. The van der Waals surface area contributed by atoms with Crippen molar-refractivity contribution < 1.29 is 17.6 Å². The van der Waals surface area contributed by atoms with E-state index in [2.05, 4.69) is 6.92 Å². The second-order valence-electron chi connectivity index (χ2n) is 7.05. The van der Waals surface area contributed by atoms with E-state index in [0.29, 0.717) is 5.92 Å². The zero-order chi connectivity index (χ0) is 14.8. The molecular formula is C16H26F4. The molecule has 0 aromatic carbocycles. The van der Waals surface area contributed by atoms with E-state index in [1.54, 1.807) is 0 Å². The molecule has 0 nitrogen and oxygen atoms in total. The fourth-order valence-electron chi connectivity index (χ4n) is 4.08. The summed E-state index contributed by atoms with van der Waals surface area (Å²) in [5, 5.41) is 0. The monoisotopic (exact) mass is 294 g/mol. The van der Waals surface area contributed by atoms with E-state index in [0.717, 1.165) is 37.5 Å². The Morgan fingerprint density at radius 1 is 0.850 bits per heavy atom. The molecule has 0 aliphatic heterocycles. The predicted molar refractivity (Wildman–Crippen MR) is 72.1 cm³/mol. The molecule has 0 amide bonds. The molecule has 1 unspecified atom stereocenters. The van der Waals surface area contributed by atoms with Crippen molar-refractivity contribution in [3.63, 3.8) is 0 Å². The Kier molecular flexibility index (Phi) is 5.36. The van der Waals surface area contributed by atoms with Gasteiger partial charge in [-0.05, 0) is 55.8 Å². The van der Waals surface area contributed by atoms with Gasteiger partial charge in [0, 0.05) is 0 Å². The van der Waals surface area contributed by atoms with Gasteiger partial charge in [-0.2, -0.15) is 13.2 Å². The highest BCUT2D eigenvalue weighted by Gasteiger charge is 2.42. The first-order valence-electron chi connectivity index (χ1n) is 8.07. The second-order valence-corrected chi connectivity index (χ2v) is 7.05. The molecule has 0 aromatic rings. The molecular weight excluding hydrogens is 268 g/mol. The van der Waals surface area contributed by atoms with E-state index in [1.165, 1.54) is 25.7 Å². The number of halogens is 4. The highest BCUT2D eigenvalue weighted by Crippen LogP contribution is 2.43. The molecule has 0 spiro atoms. The number of alkyl halides is 4. The SMILES string of the molecule is CC1CCC(C2CCC(CC(F)C(F)(F)F)CC2)CC1. The molecule has 0 saturated heterocycles. The minimum Gasteiger partial charge on any atom is -0.237 e. The Bertz CT molecular complexity index is 283. The van der Waals surface area contributed by atoms with Gasteiger partial charge in [0.05, 0.1) is 0 Å². The quantitative estimate of drug-likeness (QED) is 0.568. The Morgan fingerprint density at radius 3 is 1.75 bits per heavy atom. The van der Waals surface area contributed by atoms with Gasteiger partial charge in [0.25, 0.3) is 0 Å². The Labute approximate surface area is 119 Å². The highest BCUT2D eigenvalue weighted by molar-refractivity contribution is 4.82. The summed E-state index contributed by atoms with van der Waals surface area (Å²) in [5.41, 5.74) is 0. The molecule has 20 heavy (non-hydrogen) atoms. The predicted octanol–water partition coefficient (Wildman–Crippen LogP) is 5.91. The molecule has 0 N–H and O–H groups in total. The minimum absolute atomic E-state index is 0.0645. The van der Waals surface area contributed by atoms with E-state index < -0.39 is 12.3 Å². The first-order chi connectivity index (χ1) is 9.36. The summed E-state index contributed by atoms with van der Waals surface area (Å²) in [7, 11) is 0. The van der Waals surface area contributed by atoms with Gasteiger partial charge in [0.15, 0.2) is 6.17 Å². The number of hydrogen-bond donors (Lipinski definition) is 0. The van der Waals surface area contributed by atoms with Crippen LogP contribution >= 0.6 is 0 Å². The summed E-state index contributed by atoms with van der Waals surface area (Å²) in [6, 6.07) is 0. The lowest BCUT2D eigenvalue weighted by molar-refractivity contribution is -0.185. The number of rotatable bonds is 3. The molecule has 2 rings (SSSR count). The third-order valence-corrected chi connectivity index (χ3v) is 5.51. The third-order valence-electron chi connectivity index (χ3n) is 5.51. The molecule has 2 fully saturated rings. The smallest absolute Gasteiger partial charge is 0.237 e. The van der Waals surface area contributed by atoms with Crippen LogP contribution in [0.25, 0.3) is 0 Å². The molecule has 0 bridgehead atoms. The van der Waals surface area contributed by atoms with E-state index in [9.17, 15) is 17.6 Å². The van der Waals surface area contributed by atoms with Gasteiger partial charge in [0.1, 0.15) is 0 Å². The van der Waals surface area contributed by atoms with Crippen molar-refractivity contribution in [3.05, 3.63) is 0 Å². The minimum atomic E-state index is -4.67. The van der Waals surface area contributed by atoms with Gasteiger partial charge in [-0.1, -0.05) is 32.6 Å². The fraction of sp³-hybridized carbons (Fsp3) is 1.00. The largest absolute Gasteiger partial charge is 0.419 e. The van der Waals surface area contributed by atoms with Crippen LogP contribution in [0.4, 0.5) is 17.6 Å². The van der Waals surface area contributed by atoms with Crippen molar-refractivity contribution in [2.45, 2.75) is 77.1 Å². The Morgan fingerprint density at radius 2 is 1.30 bits per heavy atom. The van der Waals surface area contributed by atoms with Crippen molar-refractivity contribution in [1.82, 2.24) is 0 Å². The maximum absolute atomic E-state index is 13.1. The van der Waals surface area contributed by atoms with Crippen LogP contribution in [0.15, 0.2) is 0 Å². The zero-order valence-corrected chi connectivity index (χ0v) is 12.3. The summed E-state index contributed by atoms with van der Waals surface area (Å²) in [6.07, 6.45) is 1.13. The molecule has 2 aliphatic rings. The van der Waals surface area contributed by atoms with Crippen molar-refractivity contribution in [2.75, 3.05) is 0 Å². The highest BCUT2D eigenvalue weighted by atomic mass is 19.4. The number of hydrogen-bond acceptors (Lipinski definition) is 0.